The highest BCUT2D eigenvalue weighted by Gasteiger charge is 2.68. The number of ketones is 1. The van der Waals surface area contributed by atoms with Crippen molar-refractivity contribution in [3.8, 4) is 0 Å². The van der Waals surface area contributed by atoms with Crippen LogP contribution < -0.4 is 5.32 Å². The Labute approximate surface area is 152 Å². The lowest BCUT2D eigenvalue weighted by molar-refractivity contribution is -0.903. The lowest BCUT2D eigenvalue weighted by Crippen LogP contribution is -2.63. The Morgan fingerprint density at radius 3 is 2.85 bits per heavy atom. The first kappa shape index (κ1) is 16.0. The molecule has 3 heterocycles. The maximum absolute atomic E-state index is 13.7. The highest BCUT2D eigenvalue weighted by molar-refractivity contribution is 5.95. The summed E-state index contributed by atoms with van der Waals surface area (Å²) in [5.41, 5.74) is 3.00. The number of ether oxygens (including phenoxy) is 1. The molecule has 1 aromatic carbocycles. The Bertz CT molecular complexity index is 878. The first-order chi connectivity index (χ1) is 12.4. The molecule has 1 aliphatic carbocycles. The third kappa shape index (κ3) is 1.69. The molecule has 1 aromatic rings. The second-order valence-corrected chi connectivity index (χ2v) is 8.11. The van der Waals surface area contributed by atoms with Crippen molar-refractivity contribution < 1.29 is 19.0 Å². The summed E-state index contributed by atoms with van der Waals surface area (Å²) in [6.45, 7) is 2.28. The minimum absolute atomic E-state index is 0.0151. The molecule has 5 rings (SSSR count). The molecule has 1 N–H and O–H groups in total. The summed E-state index contributed by atoms with van der Waals surface area (Å²) in [6, 6.07) is 7.85. The van der Waals surface area contributed by atoms with E-state index in [2.05, 4.69) is 11.4 Å². The van der Waals surface area contributed by atoms with E-state index < -0.39 is 11.3 Å². The summed E-state index contributed by atoms with van der Waals surface area (Å²) in [6.07, 6.45) is 1.26. The van der Waals surface area contributed by atoms with Crippen LogP contribution in [-0.2, 0) is 19.7 Å². The van der Waals surface area contributed by atoms with Gasteiger partial charge in [-0.15, -0.1) is 0 Å². The van der Waals surface area contributed by atoms with Crippen LogP contribution in [0.5, 0.6) is 0 Å². The van der Waals surface area contributed by atoms with Crippen LogP contribution in [0.2, 0.25) is 0 Å². The fourth-order valence-electron chi connectivity index (χ4n) is 6.12. The van der Waals surface area contributed by atoms with Crippen LogP contribution in [0, 0.1) is 17.0 Å². The molecule has 2 bridgehead atoms. The van der Waals surface area contributed by atoms with Crippen molar-refractivity contribution in [2.24, 2.45) is 11.8 Å². The van der Waals surface area contributed by atoms with Crippen LogP contribution in [0.1, 0.15) is 25.3 Å². The van der Waals surface area contributed by atoms with Crippen LogP contribution in [0.25, 0.3) is 0 Å². The molecular weight excluding hydrogens is 332 g/mol. The van der Waals surface area contributed by atoms with Crippen LogP contribution in [-0.4, -0.2) is 42.6 Å². The van der Waals surface area contributed by atoms with Crippen LogP contribution >= 0.6 is 0 Å². The molecule has 2 saturated heterocycles. The maximum Gasteiger partial charge on any atom is 0.335 e. The molecule has 26 heavy (non-hydrogen) atoms. The maximum atomic E-state index is 13.7. The van der Waals surface area contributed by atoms with Gasteiger partial charge in [-0.25, -0.2) is 4.79 Å². The Hall–Kier alpha value is -2.18. The van der Waals surface area contributed by atoms with E-state index in [0.29, 0.717) is 25.0 Å². The molecule has 0 aromatic heterocycles. The minimum Gasteiger partial charge on any atom is -0.633 e. The number of benzene rings is 1. The molecule has 5 atom stereocenters. The first-order valence-electron chi connectivity index (χ1n) is 9.20. The smallest absolute Gasteiger partial charge is 0.335 e. The van der Waals surface area contributed by atoms with Gasteiger partial charge in [0.2, 0.25) is 0 Å². The summed E-state index contributed by atoms with van der Waals surface area (Å²) in [5, 5.41) is 17.1. The number of Topliss-reactive ketones (excluding diaryl/α,β-unsaturated/α-hetero) is 1. The Balaban J connectivity index is 1.82. The molecule has 4 aliphatic rings. The number of anilines is 1. The zero-order valence-corrected chi connectivity index (χ0v) is 15.0. The Morgan fingerprint density at radius 2 is 2.12 bits per heavy atom. The topological polar surface area (TPSA) is 78.5 Å². The number of rotatable bonds is 2. The highest BCUT2D eigenvalue weighted by Crippen LogP contribution is 2.63. The third-order valence-corrected chi connectivity index (χ3v) is 7.17. The number of piperidine rings is 1. The average molecular weight is 354 g/mol. The predicted molar refractivity (Wildman–Crippen MR) is 94.8 cm³/mol. The number of carbonyl (C=O) groups excluding carboxylic acids is 2. The van der Waals surface area contributed by atoms with Gasteiger partial charge in [-0.3, -0.25) is 4.79 Å². The predicted octanol–water partition coefficient (Wildman–Crippen LogP) is 2.10. The van der Waals surface area contributed by atoms with Gasteiger partial charge in [0.1, 0.15) is 11.8 Å². The summed E-state index contributed by atoms with van der Waals surface area (Å²) < 4.78 is 4.79. The largest absolute Gasteiger partial charge is 0.633 e. The standard InChI is InChI=1S/C20H22N2O4/c1-11(23)13-10-22(25)8-7-20-14-5-3-4-6-15(14)21-18(20)17(19(24)26-2)12(13)9-16(20)22/h3-6,12-13,16,21H,7-10H2,1-2H3/t12-,13-,16-,20+,22?/m1/s1. The highest BCUT2D eigenvalue weighted by atomic mass is 16.6. The van der Waals surface area contributed by atoms with E-state index in [4.69, 9.17) is 4.74 Å². The summed E-state index contributed by atoms with van der Waals surface area (Å²) in [4.78, 5) is 25.1. The number of nitrogens with one attached hydrogen (secondary N) is 1. The second-order valence-electron chi connectivity index (χ2n) is 8.11. The second kappa shape index (κ2) is 4.96. The summed E-state index contributed by atoms with van der Waals surface area (Å²) in [5.74, 6) is -1.06. The van der Waals surface area contributed by atoms with Crippen molar-refractivity contribution >= 4 is 17.4 Å². The van der Waals surface area contributed by atoms with E-state index in [1.807, 2.05) is 18.2 Å². The summed E-state index contributed by atoms with van der Waals surface area (Å²) >= 11 is 0. The van der Waals surface area contributed by atoms with Gasteiger partial charge in [0.25, 0.3) is 0 Å². The normalized spacial score (nSPS) is 39.1. The van der Waals surface area contributed by atoms with Crippen molar-refractivity contribution in [3.63, 3.8) is 0 Å². The molecule has 6 nitrogen and oxygen atoms in total. The molecule has 2 fully saturated rings. The van der Waals surface area contributed by atoms with Gasteiger partial charge in [0.15, 0.2) is 0 Å². The Morgan fingerprint density at radius 1 is 1.35 bits per heavy atom. The van der Waals surface area contributed by atoms with E-state index in [1.165, 1.54) is 14.0 Å². The number of carbonyl (C=O) groups is 2. The third-order valence-electron chi connectivity index (χ3n) is 7.17. The molecule has 1 unspecified atom stereocenters. The van der Waals surface area contributed by atoms with Crippen molar-refractivity contribution in [1.82, 2.24) is 0 Å². The Kier molecular flexibility index (Phi) is 3.06. The molecule has 136 valence electrons. The molecule has 6 heteroatoms. The molecule has 0 radical (unpaired) electrons. The SMILES string of the molecule is COC(=O)C1=C2Nc3ccccc3[C@]23CC[N+]2([O-])C[C@H](C(C)=O)[C@H]1C[C@H]32. The molecular formula is C20H22N2O4. The molecule has 0 saturated carbocycles. The minimum atomic E-state index is -0.458. The number of hydroxylamine groups is 3. The van der Waals surface area contributed by atoms with Crippen molar-refractivity contribution in [2.75, 3.05) is 25.5 Å². The van der Waals surface area contributed by atoms with Gasteiger partial charge in [0.05, 0.1) is 37.1 Å². The van der Waals surface area contributed by atoms with E-state index in [0.717, 1.165) is 16.9 Å². The van der Waals surface area contributed by atoms with Crippen molar-refractivity contribution in [2.45, 2.75) is 31.2 Å². The van der Waals surface area contributed by atoms with Gasteiger partial charge >= 0.3 is 5.97 Å². The van der Waals surface area contributed by atoms with Crippen molar-refractivity contribution in [1.29, 1.82) is 0 Å². The number of hydrogen-bond donors (Lipinski definition) is 1. The van der Waals surface area contributed by atoms with E-state index in [1.54, 1.807) is 0 Å². The van der Waals surface area contributed by atoms with Gasteiger partial charge in [0, 0.05) is 30.1 Å². The van der Waals surface area contributed by atoms with Gasteiger partial charge < -0.3 is 19.9 Å². The zero-order valence-electron chi connectivity index (χ0n) is 15.0. The summed E-state index contributed by atoms with van der Waals surface area (Å²) in [7, 11) is 1.38. The number of fused-ring (bicyclic) bond motifs is 2. The van der Waals surface area contributed by atoms with Crippen molar-refractivity contribution in [3.05, 3.63) is 46.3 Å². The average Bonchev–Trinajstić information content (AvgIpc) is 3.14. The van der Waals surface area contributed by atoms with Gasteiger partial charge in [-0.05, 0) is 18.6 Å². The fraction of sp³-hybridized carbons (Fsp3) is 0.500. The van der Waals surface area contributed by atoms with Gasteiger partial charge in [-0.2, -0.15) is 0 Å². The lowest BCUT2D eigenvalue weighted by atomic mass is 9.60. The number of hydrogen-bond acceptors (Lipinski definition) is 5. The monoisotopic (exact) mass is 354 g/mol. The van der Waals surface area contributed by atoms with Crippen LogP contribution in [0.15, 0.2) is 35.5 Å². The van der Waals surface area contributed by atoms with E-state index in [9.17, 15) is 14.8 Å². The molecule has 1 spiro atoms. The number of quaternary nitrogens is 1. The van der Waals surface area contributed by atoms with Crippen LogP contribution in [0.4, 0.5) is 5.69 Å². The molecule has 0 amide bonds. The quantitative estimate of drug-likeness (QED) is 0.500. The number of esters is 1. The fourth-order valence-corrected chi connectivity index (χ4v) is 6.12. The lowest BCUT2D eigenvalue weighted by Gasteiger charge is -2.57. The van der Waals surface area contributed by atoms with E-state index in [-0.39, 0.29) is 34.9 Å². The van der Waals surface area contributed by atoms with Crippen LogP contribution in [0.3, 0.4) is 0 Å². The number of para-hydroxylation sites is 1. The first-order valence-corrected chi connectivity index (χ1v) is 9.20. The molecule has 3 aliphatic heterocycles. The number of nitrogens with zero attached hydrogens (tertiary/aromatic N) is 1. The number of methoxy groups -OCH3 is 1. The van der Waals surface area contributed by atoms with E-state index >= 15 is 0 Å². The van der Waals surface area contributed by atoms with Gasteiger partial charge in [-0.1, -0.05) is 18.2 Å². The zero-order chi connectivity index (χ0) is 18.3.